The van der Waals surface area contributed by atoms with E-state index in [-0.39, 0.29) is 167 Å². The third-order valence-electron chi connectivity index (χ3n) is 10.9. The summed E-state index contributed by atoms with van der Waals surface area (Å²) >= 11 is 0. The highest BCUT2D eigenvalue weighted by Gasteiger charge is 2.29. The largest absolute Gasteiger partial charge is 0.480 e. The topological polar surface area (TPSA) is 387 Å². The number of azide groups is 1. The van der Waals surface area contributed by atoms with E-state index in [2.05, 4.69) is 20.7 Å². The third kappa shape index (κ3) is 30.2. The summed E-state index contributed by atoms with van der Waals surface area (Å²) < 4.78 is 32.8. The molecule has 3 amide bonds. The van der Waals surface area contributed by atoms with Crippen molar-refractivity contribution >= 4 is 41.6 Å². The van der Waals surface area contributed by atoms with Gasteiger partial charge in [0.2, 0.25) is 11.8 Å². The Balaban J connectivity index is 1.81. The van der Waals surface area contributed by atoms with Gasteiger partial charge in [-0.25, -0.2) is 0 Å². The monoisotopic (exact) mass is 1060 g/mol. The number of carbonyl (C=O) groups is 7. The molecule has 1 fully saturated rings. The number of aromatic nitrogens is 1. The van der Waals surface area contributed by atoms with Gasteiger partial charge in [0.15, 0.2) is 0 Å². The first kappa shape index (κ1) is 64.1. The zero-order valence-electron chi connectivity index (χ0n) is 41.7. The lowest BCUT2D eigenvalue weighted by Crippen LogP contribution is -2.52. The van der Waals surface area contributed by atoms with Gasteiger partial charge in [0, 0.05) is 109 Å². The lowest BCUT2D eigenvalue weighted by Gasteiger charge is -2.35. The molecule has 0 radical (unpaired) electrons. The Morgan fingerprint density at radius 2 is 1.07 bits per heavy atom. The molecule has 74 heavy (non-hydrogen) atoms. The first-order valence-corrected chi connectivity index (χ1v) is 24.1. The highest BCUT2D eigenvalue weighted by molar-refractivity contribution is 5.92. The minimum atomic E-state index is -1.27. The summed E-state index contributed by atoms with van der Waals surface area (Å²) in [6.45, 7) is 2.96. The molecule has 2 heterocycles. The van der Waals surface area contributed by atoms with Crippen molar-refractivity contribution in [2.45, 2.75) is 25.3 Å². The van der Waals surface area contributed by atoms with Crippen LogP contribution in [-0.4, -0.2) is 287 Å². The zero-order chi connectivity index (χ0) is 54.4. The second-order valence-corrected chi connectivity index (χ2v) is 16.4. The third-order valence-corrected chi connectivity index (χ3v) is 10.9. The average molecular weight is 1060 g/mol. The van der Waals surface area contributed by atoms with Gasteiger partial charge < -0.3 is 69.6 Å². The Bertz CT molecular complexity index is 1930. The van der Waals surface area contributed by atoms with Gasteiger partial charge in [-0.15, -0.1) is 4.73 Å². The van der Waals surface area contributed by atoms with Crippen LogP contribution in [0.3, 0.4) is 0 Å². The lowest BCUT2D eigenvalue weighted by molar-refractivity contribution is -0.145. The van der Waals surface area contributed by atoms with E-state index in [0.29, 0.717) is 39.6 Å². The summed E-state index contributed by atoms with van der Waals surface area (Å²) in [6, 6.07) is 2.36. The summed E-state index contributed by atoms with van der Waals surface area (Å²) in [5.41, 5.74) is 7.01. The molecule has 1 aliphatic rings. The van der Waals surface area contributed by atoms with Crippen LogP contribution in [0.15, 0.2) is 28.1 Å². The van der Waals surface area contributed by atoms with Crippen LogP contribution >= 0.6 is 0 Å². The smallest absolute Gasteiger partial charge is 0.320 e. The average Bonchev–Trinajstić information content (AvgIpc) is 3.34. The van der Waals surface area contributed by atoms with Gasteiger partial charge >= 0.3 is 23.9 Å². The van der Waals surface area contributed by atoms with Crippen LogP contribution in [0.2, 0.25) is 0 Å². The van der Waals surface area contributed by atoms with E-state index in [1.807, 2.05) is 0 Å². The normalized spacial score (nSPS) is 14.7. The molecule has 7 N–H and O–H groups in total. The molecule has 418 valence electrons. The maximum atomic E-state index is 13.5. The molecule has 1 aromatic heterocycles. The van der Waals surface area contributed by atoms with Crippen molar-refractivity contribution in [3.8, 4) is 0 Å². The van der Waals surface area contributed by atoms with Crippen LogP contribution < -0.4 is 16.2 Å². The number of pyridine rings is 1. The van der Waals surface area contributed by atoms with Crippen molar-refractivity contribution in [3.63, 3.8) is 0 Å². The number of ether oxygens (including phenoxy) is 6. The standard InChI is InChI=1S/C44H73N11O19/c45-49-48-9-22-71-26-30-73-28-24-69-20-6-38(57)47-8-21-70-25-29-74-31-27-72-23-19-54(43(65)35-2-1-3-39(58)55(35)68)10-7-46-37(56)5-4-36(44(66)67)53-17-15-51(33-41(61)62)13-11-50(32-40(59)60)12-14-52(16-18-53)34-42(63)64/h1-3,36,68H,4-34H2,(H,46,56)(H,47,57)(H,59,60)(H,61,62)(H,63,64)(H,66,67). The molecule has 1 atom stereocenters. The molecule has 1 unspecified atom stereocenters. The molecule has 2 rings (SSSR count). The number of rotatable bonds is 39. The Hall–Kier alpha value is -6.05. The molecule has 0 aromatic carbocycles. The fourth-order valence-electron chi connectivity index (χ4n) is 7.11. The van der Waals surface area contributed by atoms with E-state index in [1.54, 1.807) is 19.6 Å². The molecule has 1 saturated heterocycles. The van der Waals surface area contributed by atoms with Crippen LogP contribution in [0.25, 0.3) is 10.4 Å². The van der Waals surface area contributed by atoms with Crippen LogP contribution in [0, 0.1) is 0 Å². The second-order valence-electron chi connectivity index (χ2n) is 16.4. The molecular weight excluding hydrogens is 987 g/mol. The quantitative estimate of drug-likeness (QED) is 0.0116. The van der Waals surface area contributed by atoms with Crippen LogP contribution in [0.5, 0.6) is 0 Å². The van der Waals surface area contributed by atoms with Crippen molar-refractivity contribution < 1.29 is 87.6 Å². The molecule has 30 nitrogen and oxygen atoms in total. The van der Waals surface area contributed by atoms with E-state index >= 15 is 0 Å². The first-order chi connectivity index (χ1) is 35.6. The number of carboxylic acid groups (broad SMARTS) is 4. The SMILES string of the molecule is [N-]=[N+]=NCCOCCOCCOCCC(=O)NCCOCCOCCOCCN(CCNC(=O)CCC(C(=O)O)N1CCN(CC(=O)O)CCN(CC(=O)O)CCN(CC(=O)O)CC1)C(=O)c1cccc(=O)n1O. The van der Waals surface area contributed by atoms with Crippen molar-refractivity contribution in [1.29, 1.82) is 0 Å². The maximum absolute atomic E-state index is 13.5. The van der Waals surface area contributed by atoms with Gasteiger partial charge in [-0.3, -0.25) is 58.0 Å². The second kappa shape index (κ2) is 39.4. The first-order valence-electron chi connectivity index (χ1n) is 24.1. The van der Waals surface area contributed by atoms with E-state index in [0.717, 1.165) is 6.07 Å². The molecule has 0 spiro atoms. The van der Waals surface area contributed by atoms with Crippen molar-refractivity contribution in [3.05, 3.63) is 44.7 Å². The van der Waals surface area contributed by atoms with E-state index in [1.165, 1.54) is 17.0 Å². The summed E-state index contributed by atoms with van der Waals surface area (Å²) in [4.78, 5) is 108. The number of carboxylic acids is 4. The van der Waals surface area contributed by atoms with Gasteiger partial charge in [0.05, 0.1) is 98.9 Å². The number of hydrogen-bond acceptors (Lipinski definition) is 20. The van der Waals surface area contributed by atoms with Crippen LogP contribution in [-0.2, 0) is 57.2 Å². The van der Waals surface area contributed by atoms with Gasteiger partial charge in [0.1, 0.15) is 11.7 Å². The number of carbonyl (C=O) groups excluding carboxylic acids is 3. The van der Waals surface area contributed by atoms with E-state index in [9.17, 15) is 64.0 Å². The van der Waals surface area contributed by atoms with Crippen molar-refractivity contribution in [2.75, 3.05) is 184 Å². The molecule has 0 saturated carbocycles. The molecule has 1 aliphatic heterocycles. The number of amides is 3. The predicted octanol–water partition coefficient (Wildman–Crippen LogP) is -2.73. The van der Waals surface area contributed by atoms with Gasteiger partial charge in [-0.1, -0.05) is 11.2 Å². The van der Waals surface area contributed by atoms with Gasteiger partial charge in [-0.05, 0) is 18.0 Å². The molecule has 0 aliphatic carbocycles. The highest BCUT2D eigenvalue weighted by atomic mass is 16.6. The molecule has 1 aromatic rings. The number of hydrogen-bond donors (Lipinski definition) is 7. The van der Waals surface area contributed by atoms with Crippen molar-refractivity contribution in [2.24, 2.45) is 5.11 Å². The molecule has 30 heteroatoms. The Morgan fingerprint density at radius 1 is 0.608 bits per heavy atom. The number of aliphatic carboxylic acids is 4. The Kier molecular flexibility index (Phi) is 34.1. The number of nitrogens with one attached hydrogen (secondary N) is 2. The van der Waals surface area contributed by atoms with Gasteiger partial charge in [-0.2, -0.15) is 0 Å². The minimum Gasteiger partial charge on any atom is -0.480 e. The summed E-state index contributed by atoms with van der Waals surface area (Å²) in [5.74, 6) is -6.15. The zero-order valence-corrected chi connectivity index (χ0v) is 41.7. The number of nitrogens with zero attached hydrogens (tertiary/aromatic N) is 9. The minimum absolute atomic E-state index is 0.00271. The highest BCUT2D eigenvalue weighted by Crippen LogP contribution is 2.11. The summed E-state index contributed by atoms with van der Waals surface area (Å²) in [7, 11) is 0. The fraction of sp³-hybridized carbons (Fsp3) is 0.727. The Labute approximate surface area is 427 Å². The van der Waals surface area contributed by atoms with E-state index in [4.69, 9.17) is 34.0 Å². The predicted molar refractivity (Wildman–Crippen MR) is 258 cm³/mol. The van der Waals surface area contributed by atoms with Crippen LogP contribution in [0.1, 0.15) is 29.8 Å². The molecule has 0 bridgehead atoms. The molecular formula is C44H73N11O19. The Morgan fingerprint density at radius 3 is 1.58 bits per heavy atom. The van der Waals surface area contributed by atoms with Gasteiger partial charge in [0.25, 0.3) is 11.5 Å². The van der Waals surface area contributed by atoms with Crippen molar-refractivity contribution in [1.82, 2.24) is 39.9 Å². The lowest BCUT2D eigenvalue weighted by atomic mass is 10.1. The fourth-order valence-corrected chi connectivity index (χ4v) is 7.11. The van der Waals surface area contributed by atoms with E-state index < -0.39 is 60.4 Å². The maximum Gasteiger partial charge on any atom is 0.320 e. The summed E-state index contributed by atoms with van der Waals surface area (Å²) in [5, 5.41) is 57.8. The summed E-state index contributed by atoms with van der Waals surface area (Å²) in [6.07, 6.45) is -0.295. The van der Waals surface area contributed by atoms with Crippen LogP contribution in [0.4, 0.5) is 0 Å².